The average molecular weight is 355 g/mol. The summed E-state index contributed by atoms with van der Waals surface area (Å²) in [5.74, 6) is -1.37. The minimum Gasteiger partial charge on any atom is -0.459 e. The number of furan rings is 1. The zero-order chi connectivity index (χ0) is 16.7. The molecule has 0 radical (unpaired) electrons. The monoisotopic (exact) mass is 355 g/mol. The first-order valence-electron chi connectivity index (χ1n) is 6.69. The van der Waals surface area contributed by atoms with Crippen LogP contribution >= 0.6 is 24.0 Å². The van der Waals surface area contributed by atoms with Crippen molar-refractivity contribution in [3.8, 4) is 0 Å². The molecule has 0 fully saturated rings. The van der Waals surface area contributed by atoms with Gasteiger partial charge >= 0.3 is 0 Å². The molecule has 0 saturated carbocycles. The predicted molar refractivity (Wildman–Crippen MR) is 94.1 cm³/mol. The van der Waals surface area contributed by atoms with Crippen molar-refractivity contribution >= 4 is 41.0 Å². The number of halogens is 2. The van der Waals surface area contributed by atoms with Crippen LogP contribution in [0, 0.1) is 6.92 Å². The number of para-hydroxylation sites is 1. The van der Waals surface area contributed by atoms with Gasteiger partial charge in [0.25, 0.3) is 5.76 Å². The van der Waals surface area contributed by atoms with E-state index in [1.54, 1.807) is 12.1 Å². The Kier molecular flexibility index (Phi) is 6.54. The Hall–Kier alpha value is -1.93. The van der Waals surface area contributed by atoms with Crippen LogP contribution in [0.2, 0.25) is 0 Å². The average Bonchev–Trinajstić information content (AvgIpc) is 2.95. The van der Waals surface area contributed by atoms with Crippen molar-refractivity contribution in [2.75, 3.05) is 5.32 Å². The molecule has 0 aliphatic carbocycles. The van der Waals surface area contributed by atoms with E-state index in [0.717, 1.165) is 11.3 Å². The number of nitrogens with one attached hydrogen (secondary N) is 2. The number of hydrogen-bond donors (Lipinski definition) is 2. The second-order valence-electron chi connectivity index (χ2n) is 4.51. The van der Waals surface area contributed by atoms with Gasteiger partial charge in [0.05, 0.1) is 12.0 Å². The molecule has 0 atom stereocenters. The fourth-order valence-corrected chi connectivity index (χ4v) is 2.31. The third-order valence-electron chi connectivity index (χ3n) is 2.79. The number of aryl methyl sites for hydroxylation is 1. The van der Waals surface area contributed by atoms with Crippen molar-refractivity contribution in [2.24, 2.45) is 5.10 Å². The molecule has 0 saturated heterocycles. The van der Waals surface area contributed by atoms with E-state index in [4.69, 9.17) is 16.6 Å². The second kappa shape index (κ2) is 8.64. The third-order valence-corrected chi connectivity index (χ3v) is 3.68. The normalized spacial score (nSPS) is 11.1. The molecule has 122 valence electrons. The summed E-state index contributed by atoms with van der Waals surface area (Å²) in [6.07, 6.45) is 1.43. The molecule has 2 rings (SSSR count). The summed E-state index contributed by atoms with van der Waals surface area (Å²) >= 11 is 5.64. The van der Waals surface area contributed by atoms with E-state index in [9.17, 15) is 8.78 Å². The first-order valence-corrected chi connectivity index (χ1v) is 8.14. The summed E-state index contributed by atoms with van der Waals surface area (Å²) in [4.78, 5) is 0. The highest BCUT2D eigenvalue weighted by atomic mass is 32.2. The van der Waals surface area contributed by atoms with Crippen molar-refractivity contribution in [3.05, 3.63) is 53.5 Å². The Bertz CT molecular complexity index is 689. The molecule has 8 heteroatoms. The standard InChI is InChI=1S/C15H15F2N3OS2/c1-10-4-2-3-5-13(10)19-15(22)20-18-8-11-6-7-12(21-11)9-23-14(16)17/h2-8,14H,9H2,1H3,(H2,19,20,22)/b18-8-. The van der Waals surface area contributed by atoms with Crippen LogP contribution in [0.25, 0.3) is 0 Å². The van der Waals surface area contributed by atoms with Gasteiger partial charge < -0.3 is 9.73 Å². The molecule has 0 spiro atoms. The second-order valence-corrected chi connectivity index (χ2v) is 5.90. The molecule has 2 aromatic rings. The number of benzene rings is 1. The van der Waals surface area contributed by atoms with Gasteiger partial charge in [-0.3, -0.25) is 5.43 Å². The van der Waals surface area contributed by atoms with E-state index in [1.165, 1.54) is 6.21 Å². The first kappa shape index (κ1) is 17.4. The SMILES string of the molecule is Cc1ccccc1NC(=S)N/N=C\c1ccc(CSC(F)F)o1. The van der Waals surface area contributed by atoms with Gasteiger partial charge in [-0.25, -0.2) is 0 Å². The van der Waals surface area contributed by atoms with Gasteiger partial charge in [0.1, 0.15) is 11.5 Å². The zero-order valence-electron chi connectivity index (χ0n) is 12.3. The molecule has 2 N–H and O–H groups in total. The van der Waals surface area contributed by atoms with Crippen molar-refractivity contribution in [1.29, 1.82) is 0 Å². The highest BCUT2D eigenvalue weighted by Gasteiger charge is 2.06. The Morgan fingerprint density at radius 1 is 1.35 bits per heavy atom. The summed E-state index contributed by atoms with van der Waals surface area (Å²) in [6.45, 7) is 1.97. The van der Waals surface area contributed by atoms with Crippen LogP contribution in [0.15, 0.2) is 45.9 Å². The van der Waals surface area contributed by atoms with Gasteiger partial charge in [-0.2, -0.15) is 13.9 Å². The molecule has 0 bridgehead atoms. The van der Waals surface area contributed by atoms with Crippen LogP contribution in [0.3, 0.4) is 0 Å². The largest absolute Gasteiger partial charge is 0.459 e. The lowest BCUT2D eigenvalue weighted by Crippen LogP contribution is -2.24. The molecule has 4 nitrogen and oxygen atoms in total. The van der Waals surface area contributed by atoms with Crippen LogP contribution in [0.4, 0.5) is 14.5 Å². The highest BCUT2D eigenvalue weighted by Crippen LogP contribution is 2.20. The Labute approximate surface area is 142 Å². The highest BCUT2D eigenvalue weighted by molar-refractivity contribution is 7.98. The maximum absolute atomic E-state index is 12.1. The number of anilines is 1. The molecule has 1 aromatic carbocycles. The number of nitrogens with zero attached hydrogens (tertiary/aromatic N) is 1. The van der Waals surface area contributed by atoms with Crippen molar-refractivity contribution < 1.29 is 13.2 Å². The zero-order valence-corrected chi connectivity index (χ0v) is 13.9. The van der Waals surface area contributed by atoms with E-state index in [1.807, 2.05) is 31.2 Å². The van der Waals surface area contributed by atoms with Crippen LogP contribution < -0.4 is 10.7 Å². The summed E-state index contributed by atoms with van der Waals surface area (Å²) in [6, 6.07) is 11.0. The maximum atomic E-state index is 12.1. The van der Waals surface area contributed by atoms with Crippen molar-refractivity contribution in [2.45, 2.75) is 18.4 Å². The molecular weight excluding hydrogens is 340 g/mol. The lowest BCUT2D eigenvalue weighted by atomic mass is 10.2. The van der Waals surface area contributed by atoms with Crippen LogP contribution in [-0.4, -0.2) is 17.1 Å². The van der Waals surface area contributed by atoms with Gasteiger partial charge in [-0.05, 0) is 42.9 Å². The van der Waals surface area contributed by atoms with Crippen LogP contribution in [0.5, 0.6) is 0 Å². The van der Waals surface area contributed by atoms with Gasteiger partial charge in [-0.1, -0.05) is 30.0 Å². The van der Waals surface area contributed by atoms with Crippen LogP contribution in [0.1, 0.15) is 17.1 Å². The Balaban J connectivity index is 1.82. The Morgan fingerprint density at radius 2 is 2.13 bits per heavy atom. The first-order chi connectivity index (χ1) is 11.0. The lowest BCUT2D eigenvalue weighted by Gasteiger charge is -2.08. The maximum Gasteiger partial charge on any atom is 0.284 e. The molecule has 0 amide bonds. The topological polar surface area (TPSA) is 49.6 Å². The third kappa shape index (κ3) is 5.99. The van der Waals surface area contributed by atoms with Crippen LogP contribution in [-0.2, 0) is 5.75 Å². The molecule has 0 aliphatic heterocycles. The number of thiocarbonyl (C=S) groups is 1. The van der Waals surface area contributed by atoms with Gasteiger partial charge in [0.15, 0.2) is 5.11 Å². The number of hydrogen-bond acceptors (Lipinski definition) is 4. The fraction of sp³-hybridized carbons (Fsp3) is 0.200. The summed E-state index contributed by atoms with van der Waals surface area (Å²) in [7, 11) is 0. The smallest absolute Gasteiger partial charge is 0.284 e. The van der Waals surface area contributed by atoms with E-state index in [-0.39, 0.29) is 5.75 Å². The quantitative estimate of drug-likeness (QED) is 0.458. The molecular formula is C15H15F2N3OS2. The fourth-order valence-electron chi connectivity index (χ4n) is 1.70. The Morgan fingerprint density at radius 3 is 2.87 bits per heavy atom. The number of rotatable bonds is 6. The van der Waals surface area contributed by atoms with E-state index in [0.29, 0.717) is 28.4 Å². The van der Waals surface area contributed by atoms with E-state index >= 15 is 0 Å². The van der Waals surface area contributed by atoms with Gasteiger partial charge in [-0.15, -0.1) is 0 Å². The summed E-state index contributed by atoms with van der Waals surface area (Å²) in [5.41, 5.74) is 4.63. The van der Waals surface area contributed by atoms with Crippen molar-refractivity contribution in [1.82, 2.24) is 5.43 Å². The molecule has 1 heterocycles. The number of thioether (sulfide) groups is 1. The van der Waals surface area contributed by atoms with Gasteiger partial charge in [0.2, 0.25) is 0 Å². The molecule has 0 unspecified atom stereocenters. The van der Waals surface area contributed by atoms with E-state index in [2.05, 4.69) is 15.8 Å². The number of alkyl halides is 2. The predicted octanol–water partition coefficient (Wildman–Crippen LogP) is 4.36. The number of hydrazone groups is 1. The molecule has 1 aromatic heterocycles. The van der Waals surface area contributed by atoms with E-state index < -0.39 is 5.76 Å². The summed E-state index contributed by atoms with van der Waals surface area (Å²) in [5, 5.41) is 7.32. The molecule has 23 heavy (non-hydrogen) atoms. The minimum absolute atomic E-state index is 0.117. The summed E-state index contributed by atoms with van der Waals surface area (Å²) < 4.78 is 29.5. The minimum atomic E-state index is -2.41. The lowest BCUT2D eigenvalue weighted by molar-refractivity contribution is 0.251. The van der Waals surface area contributed by atoms with Crippen molar-refractivity contribution in [3.63, 3.8) is 0 Å². The molecule has 0 aliphatic rings. The van der Waals surface area contributed by atoms with Gasteiger partial charge in [0, 0.05) is 5.69 Å².